The third kappa shape index (κ3) is 8.65. The molecule has 6 rings (SSSR count). The number of fused-ring (bicyclic) bond motifs is 3. The summed E-state index contributed by atoms with van der Waals surface area (Å²) in [6, 6.07) is 3.15. The molecule has 3 heterocycles. The first-order valence-corrected chi connectivity index (χ1v) is 21.8. The van der Waals surface area contributed by atoms with Crippen molar-refractivity contribution in [1.29, 1.82) is 0 Å². The number of benzene rings is 1. The highest BCUT2D eigenvalue weighted by Gasteiger charge is 2.64. The van der Waals surface area contributed by atoms with Crippen LogP contribution in [0, 0.1) is 17.8 Å². The van der Waals surface area contributed by atoms with E-state index in [9.17, 15) is 45.5 Å². The molecule has 0 spiro atoms. The van der Waals surface area contributed by atoms with Crippen molar-refractivity contribution in [2.24, 2.45) is 17.8 Å². The van der Waals surface area contributed by atoms with Crippen LogP contribution in [-0.2, 0) is 24.4 Å². The van der Waals surface area contributed by atoms with E-state index >= 15 is 4.79 Å². The van der Waals surface area contributed by atoms with Gasteiger partial charge in [-0.1, -0.05) is 32.4 Å². The topological polar surface area (TPSA) is 194 Å². The summed E-state index contributed by atoms with van der Waals surface area (Å²) in [5.41, 5.74) is -4.93. The van der Waals surface area contributed by atoms with Crippen molar-refractivity contribution >= 4 is 44.6 Å². The van der Waals surface area contributed by atoms with Gasteiger partial charge in [-0.15, -0.1) is 0 Å². The lowest BCUT2D eigenvalue weighted by atomic mass is 9.82. The molecule has 7 atom stereocenters. The molecule has 15 nitrogen and oxygen atoms in total. The van der Waals surface area contributed by atoms with Crippen LogP contribution < -0.4 is 24.2 Å². The molecule has 2 saturated carbocycles. The Kier molecular flexibility index (Phi) is 12.5. The highest BCUT2D eigenvalue weighted by atomic mass is 32.2. The molecule has 0 unspecified atom stereocenters. The number of halogens is 4. The van der Waals surface area contributed by atoms with Gasteiger partial charge in [-0.2, -0.15) is 18.2 Å². The quantitative estimate of drug-likeness (QED) is 0.190. The van der Waals surface area contributed by atoms with Gasteiger partial charge in [0.15, 0.2) is 0 Å². The van der Waals surface area contributed by atoms with E-state index in [0.29, 0.717) is 43.2 Å². The summed E-state index contributed by atoms with van der Waals surface area (Å²) in [6.07, 6.45) is -4.00. The number of nitrogens with one attached hydrogen (secondary N) is 2. The number of hydrogen-bond donors (Lipinski definition) is 3. The van der Waals surface area contributed by atoms with Gasteiger partial charge in [-0.05, 0) is 87.8 Å². The number of carbonyl (C=O) groups is 4. The smallest absolute Gasteiger partial charge is 0.411 e. The lowest BCUT2D eigenvalue weighted by Crippen LogP contribution is -2.66. The Bertz CT molecular complexity index is 2180. The molecule has 2 aliphatic carbocycles. The van der Waals surface area contributed by atoms with Gasteiger partial charge in [-0.3, -0.25) is 24.0 Å². The Morgan fingerprint density at radius 3 is 2.41 bits per heavy atom. The molecular weight excluding hydrogens is 831 g/mol. The average Bonchev–Trinajstić information content (AvgIpc) is 4.10. The van der Waals surface area contributed by atoms with Gasteiger partial charge < -0.3 is 29.5 Å². The molecule has 3 N–H and O–H groups in total. The van der Waals surface area contributed by atoms with E-state index in [-0.39, 0.29) is 61.1 Å². The maximum absolute atomic E-state index is 15.2. The Hall–Kier alpha value is -4.88. The minimum atomic E-state index is -5.13. The molecule has 4 amide bonds. The number of methoxy groups -OCH3 is 2. The fraction of sp³-hybridized carbons (Fsp3) is 0.634. The predicted molar refractivity (Wildman–Crippen MR) is 213 cm³/mol. The molecule has 2 aliphatic heterocycles. The Morgan fingerprint density at radius 1 is 1.11 bits per heavy atom. The normalized spacial score (nSPS) is 28.1. The number of ether oxygens (including phenoxy) is 3. The van der Waals surface area contributed by atoms with Crippen LogP contribution >= 0.6 is 0 Å². The van der Waals surface area contributed by atoms with Crippen molar-refractivity contribution in [3.05, 3.63) is 36.4 Å². The highest BCUT2D eigenvalue weighted by Crippen LogP contribution is 2.48. The van der Waals surface area contributed by atoms with Crippen LogP contribution in [0.2, 0.25) is 0 Å². The van der Waals surface area contributed by atoms with Crippen molar-refractivity contribution in [3.63, 3.8) is 0 Å². The Balaban J connectivity index is 1.45. The van der Waals surface area contributed by atoms with Crippen LogP contribution in [0.15, 0.2) is 36.4 Å². The monoisotopic (exact) mass is 883 g/mol. The number of allylic oxidation sites excluding steroid dienone is 1. The van der Waals surface area contributed by atoms with Gasteiger partial charge in [0.05, 0.1) is 20.8 Å². The molecule has 3 fully saturated rings. The largest absolute Gasteiger partial charge is 0.497 e. The van der Waals surface area contributed by atoms with E-state index in [2.05, 4.69) is 10.3 Å². The van der Waals surface area contributed by atoms with Crippen molar-refractivity contribution < 1.29 is 64.5 Å². The molecule has 61 heavy (non-hydrogen) atoms. The summed E-state index contributed by atoms with van der Waals surface area (Å²) in [5.74, 6) is -4.37. The molecule has 1 aromatic heterocycles. The Morgan fingerprint density at radius 2 is 1.82 bits per heavy atom. The van der Waals surface area contributed by atoms with Crippen LogP contribution in [0.1, 0.15) is 79.1 Å². The molecule has 1 saturated heterocycles. The van der Waals surface area contributed by atoms with Gasteiger partial charge >= 0.3 is 12.3 Å². The second-order valence-corrected chi connectivity index (χ2v) is 19.3. The Labute approximate surface area is 351 Å². The molecular formula is C41H53F4N5O10S. The number of carbonyl (C=O) groups excluding carboxylic acids is 3. The number of nitrogens with zero attached hydrogens (tertiary/aromatic N) is 3. The first kappa shape index (κ1) is 45.6. The van der Waals surface area contributed by atoms with Gasteiger partial charge in [0.1, 0.15) is 46.4 Å². The van der Waals surface area contributed by atoms with E-state index in [1.165, 1.54) is 14.2 Å². The van der Waals surface area contributed by atoms with Crippen molar-refractivity contribution in [1.82, 2.24) is 24.8 Å². The van der Waals surface area contributed by atoms with E-state index in [4.69, 9.17) is 14.2 Å². The van der Waals surface area contributed by atoms with Crippen molar-refractivity contribution in [2.75, 3.05) is 27.4 Å². The summed E-state index contributed by atoms with van der Waals surface area (Å²) >= 11 is 0. The second kappa shape index (κ2) is 16.8. The summed E-state index contributed by atoms with van der Waals surface area (Å²) in [5, 5.41) is 14.3. The average molecular weight is 884 g/mol. The fourth-order valence-electron chi connectivity index (χ4n) is 8.58. The number of alkyl halides is 4. The second-order valence-electron chi connectivity index (χ2n) is 17.2. The third-order valence-corrected chi connectivity index (χ3v) is 14.9. The van der Waals surface area contributed by atoms with Gasteiger partial charge in [0.2, 0.25) is 33.6 Å². The number of rotatable bonds is 11. The zero-order valence-corrected chi connectivity index (χ0v) is 35.7. The maximum atomic E-state index is 15.2. The van der Waals surface area contributed by atoms with Crippen LogP contribution in [-0.4, -0.2) is 120 Å². The number of aromatic nitrogens is 1. The molecule has 2 aromatic rings. The molecule has 20 heteroatoms. The predicted octanol–water partition coefficient (Wildman–Crippen LogP) is 5.52. The van der Waals surface area contributed by atoms with Gasteiger partial charge in [-0.25, -0.2) is 17.6 Å². The van der Waals surface area contributed by atoms with Gasteiger partial charge in [0, 0.05) is 23.8 Å². The molecule has 336 valence electrons. The zero-order chi connectivity index (χ0) is 44.9. The zero-order valence-electron chi connectivity index (χ0n) is 34.9. The number of carboxylic acid groups (broad SMARTS) is 1. The van der Waals surface area contributed by atoms with Crippen molar-refractivity contribution in [3.8, 4) is 17.5 Å². The summed E-state index contributed by atoms with van der Waals surface area (Å²) in [7, 11) is -1.65. The van der Waals surface area contributed by atoms with Crippen LogP contribution in [0.4, 0.5) is 22.4 Å². The lowest BCUT2D eigenvalue weighted by Gasteiger charge is -2.46. The molecule has 0 radical (unpaired) electrons. The standard InChI is InChI=1S/C41H53F4N5O10S/c1-7-24-16-23(2)10-8-9-11-26-20-40(26,36(53)48-61(56,57)39(22-42)14-15-39)47-33(51)30-19-28(60-34-29-13-12-27(58-5)17-25(29)18-31(46-34)59-6)21-49(30)35(52)32(24)50(37(54)55)38(3,4)41(43,44)45/h9,11-13,17-18,23-24,26,28,30,32H,7-8,10,14-16,19-22H2,1-6H3,(H,47,51)(H,48,53)(H,54,55)/t23-,24+,26+,28+,30-,32-,40+/m0/s1. The fourth-order valence-corrected chi connectivity index (χ4v) is 10.0. The summed E-state index contributed by atoms with van der Waals surface area (Å²) < 4.78 is 102. The number of sulfonamides is 1. The number of amides is 4. The van der Waals surface area contributed by atoms with Crippen molar-refractivity contribution in [2.45, 2.75) is 119 Å². The SMILES string of the molecule is CC[C@@H]1C[C@@H](C)CCC=C[C@@H]2C[C@@]2(C(=O)NS(=O)(=O)C2(CF)CC2)NC(=O)[C@@H]2C[C@@H](Oc3nc(OC)cc4cc(OC)ccc34)CN2C(=O)[C@H]1N(C(=O)O)C(C)(C)C(F)(F)F. The minimum Gasteiger partial charge on any atom is -0.497 e. The van der Waals surface area contributed by atoms with E-state index < -0.39 is 99.1 Å². The van der Waals surface area contributed by atoms with Crippen LogP contribution in [0.25, 0.3) is 10.8 Å². The first-order chi connectivity index (χ1) is 28.6. The molecule has 0 bridgehead atoms. The van der Waals surface area contributed by atoms with E-state index in [0.717, 1.165) is 4.90 Å². The highest BCUT2D eigenvalue weighted by molar-refractivity contribution is 7.91. The summed E-state index contributed by atoms with van der Waals surface area (Å²) in [4.78, 5) is 62.5. The third-order valence-electron chi connectivity index (χ3n) is 12.8. The lowest BCUT2D eigenvalue weighted by molar-refractivity contribution is -0.222. The van der Waals surface area contributed by atoms with E-state index in [1.807, 2.05) is 11.6 Å². The molecule has 4 aliphatic rings. The minimum absolute atomic E-state index is 0.00305. The first-order valence-electron chi connectivity index (χ1n) is 20.3. The molecule has 1 aromatic carbocycles. The van der Waals surface area contributed by atoms with Gasteiger partial charge in [0.25, 0.3) is 5.91 Å². The number of hydrogen-bond acceptors (Lipinski definition) is 10. The van der Waals surface area contributed by atoms with Crippen LogP contribution in [0.3, 0.4) is 0 Å². The van der Waals surface area contributed by atoms with E-state index in [1.54, 1.807) is 43.3 Å². The maximum Gasteiger partial charge on any atom is 0.411 e. The number of pyridine rings is 1. The summed E-state index contributed by atoms with van der Waals surface area (Å²) in [6.45, 7) is 3.20. The van der Waals surface area contributed by atoms with Crippen LogP contribution in [0.5, 0.6) is 17.5 Å².